The summed E-state index contributed by atoms with van der Waals surface area (Å²) in [6, 6.07) is 6.38. The molecule has 0 fully saturated rings. The van der Waals surface area contributed by atoms with E-state index in [1.807, 2.05) is 13.1 Å². The summed E-state index contributed by atoms with van der Waals surface area (Å²) in [7, 11) is 0. The number of allylic oxidation sites excluding steroid dienone is 1. The minimum atomic E-state index is 0.467. The number of hydrogen-bond donors (Lipinski definition) is 0. The van der Waals surface area contributed by atoms with Gasteiger partial charge in [0.25, 0.3) is 0 Å². The molecule has 13 heavy (non-hydrogen) atoms. The van der Waals surface area contributed by atoms with Crippen LogP contribution in [0.15, 0.2) is 29.8 Å². The van der Waals surface area contributed by atoms with Crippen molar-refractivity contribution >= 4 is 17.5 Å². The fraction of sp³-hybridized carbons (Fsp3) is 0.250. The molecular formula is C12H13N. The number of aliphatic imine (C=N–C) groups is 1. The van der Waals surface area contributed by atoms with Crippen molar-refractivity contribution in [2.24, 2.45) is 4.99 Å². The van der Waals surface area contributed by atoms with Gasteiger partial charge in [-0.15, -0.1) is 0 Å². The van der Waals surface area contributed by atoms with Crippen molar-refractivity contribution in [2.75, 3.05) is 0 Å². The van der Waals surface area contributed by atoms with E-state index in [-0.39, 0.29) is 0 Å². The lowest BCUT2D eigenvalue weighted by molar-refractivity contribution is 1.08. The Bertz CT molecular complexity index is 388. The van der Waals surface area contributed by atoms with E-state index in [1.54, 1.807) is 0 Å². The van der Waals surface area contributed by atoms with E-state index < -0.39 is 0 Å². The monoisotopic (exact) mass is 171 g/mol. The summed E-state index contributed by atoms with van der Waals surface area (Å²) in [5, 5.41) is 0. The molecular weight excluding hydrogens is 158 g/mol. The lowest BCUT2D eigenvalue weighted by Crippen LogP contribution is -1.88. The maximum absolute atomic E-state index is 4.36. The maximum Gasteiger partial charge on any atom is 0.0670 e. The molecule has 1 nitrogen and oxygen atoms in total. The lowest BCUT2D eigenvalue weighted by Gasteiger charge is -2.05. The summed E-state index contributed by atoms with van der Waals surface area (Å²) in [6.45, 7) is 8.10. The molecule has 1 aromatic rings. The van der Waals surface area contributed by atoms with Crippen LogP contribution in [-0.2, 0) is 0 Å². The predicted molar refractivity (Wildman–Crippen MR) is 57.7 cm³/mol. The molecule has 0 amide bonds. The standard InChI is InChI=1S/C12H13N/c1-8(2)10-4-5-11-9(3)7-13-12(11)6-10/h4-7,9H,1H2,2-3H3. The van der Waals surface area contributed by atoms with Crippen LogP contribution < -0.4 is 0 Å². The highest BCUT2D eigenvalue weighted by Gasteiger charge is 2.14. The Kier molecular flexibility index (Phi) is 1.80. The molecule has 1 heteroatoms. The van der Waals surface area contributed by atoms with Crippen LogP contribution in [0.5, 0.6) is 0 Å². The first kappa shape index (κ1) is 8.24. The van der Waals surface area contributed by atoms with Gasteiger partial charge in [0, 0.05) is 12.1 Å². The van der Waals surface area contributed by atoms with E-state index in [2.05, 4.69) is 36.7 Å². The van der Waals surface area contributed by atoms with Gasteiger partial charge in [-0.05, 0) is 24.1 Å². The van der Waals surface area contributed by atoms with E-state index in [9.17, 15) is 0 Å². The van der Waals surface area contributed by atoms with Gasteiger partial charge in [0.05, 0.1) is 5.69 Å². The zero-order valence-electron chi connectivity index (χ0n) is 8.04. The van der Waals surface area contributed by atoms with Crippen molar-refractivity contribution in [1.82, 2.24) is 0 Å². The molecule has 2 rings (SSSR count). The van der Waals surface area contributed by atoms with Gasteiger partial charge in [-0.3, -0.25) is 4.99 Å². The van der Waals surface area contributed by atoms with Crippen molar-refractivity contribution in [1.29, 1.82) is 0 Å². The molecule has 0 aliphatic carbocycles. The number of benzene rings is 1. The molecule has 1 heterocycles. The molecule has 1 aromatic carbocycles. The van der Waals surface area contributed by atoms with Crippen LogP contribution >= 0.6 is 0 Å². The first-order valence-corrected chi connectivity index (χ1v) is 4.52. The molecule has 0 aromatic heterocycles. The highest BCUT2D eigenvalue weighted by atomic mass is 14.8. The van der Waals surface area contributed by atoms with Crippen LogP contribution in [0.1, 0.15) is 30.9 Å². The summed E-state index contributed by atoms with van der Waals surface area (Å²) in [6.07, 6.45) is 1.99. The fourth-order valence-electron chi connectivity index (χ4n) is 1.58. The van der Waals surface area contributed by atoms with Gasteiger partial charge in [-0.25, -0.2) is 0 Å². The Morgan fingerprint density at radius 2 is 2.23 bits per heavy atom. The smallest absolute Gasteiger partial charge is 0.0670 e. The summed E-state index contributed by atoms with van der Waals surface area (Å²) < 4.78 is 0. The van der Waals surface area contributed by atoms with Crippen LogP contribution in [0.3, 0.4) is 0 Å². The predicted octanol–water partition coefficient (Wildman–Crippen LogP) is 3.54. The van der Waals surface area contributed by atoms with Crippen LogP contribution in [0.25, 0.3) is 5.57 Å². The number of nitrogens with zero attached hydrogens (tertiary/aromatic N) is 1. The Hall–Kier alpha value is -1.37. The van der Waals surface area contributed by atoms with Crippen molar-refractivity contribution in [3.8, 4) is 0 Å². The minimum absolute atomic E-state index is 0.467. The molecule has 0 N–H and O–H groups in total. The number of fused-ring (bicyclic) bond motifs is 1. The number of rotatable bonds is 1. The van der Waals surface area contributed by atoms with Crippen molar-refractivity contribution in [2.45, 2.75) is 19.8 Å². The third-order valence-corrected chi connectivity index (χ3v) is 2.45. The average molecular weight is 171 g/mol. The molecule has 66 valence electrons. The quantitative estimate of drug-likeness (QED) is 0.612. The third kappa shape index (κ3) is 1.31. The van der Waals surface area contributed by atoms with Crippen LogP contribution in [0.4, 0.5) is 5.69 Å². The van der Waals surface area contributed by atoms with Gasteiger partial charge in [-0.1, -0.05) is 31.2 Å². The normalized spacial score (nSPS) is 18.8. The zero-order valence-corrected chi connectivity index (χ0v) is 8.04. The molecule has 0 radical (unpaired) electrons. The number of hydrogen-bond acceptors (Lipinski definition) is 1. The lowest BCUT2D eigenvalue weighted by atomic mass is 9.99. The highest BCUT2D eigenvalue weighted by Crippen LogP contribution is 2.33. The largest absolute Gasteiger partial charge is 0.260 e. The molecule has 1 unspecified atom stereocenters. The molecule has 0 bridgehead atoms. The second kappa shape index (κ2) is 2.84. The molecule has 0 saturated carbocycles. The Morgan fingerprint density at radius 3 is 2.92 bits per heavy atom. The maximum atomic E-state index is 4.36. The van der Waals surface area contributed by atoms with Crippen LogP contribution in [-0.4, -0.2) is 6.21 Å². The van der Waals surface area contributed by atoms with Crippen LogP contribution in [0, 0.1) is 0 Å². The second-order valence-corrected chi connectivity index (χ2v) is 3.62. The van der Waals surface area contributed by atoms with Gasteiger partial charge in [0.15, 0.2) is 0 Å². The van der Waals surface area contributed by atoms with Gasteiger partial charge < -0.3 is 0 Å². The fourth-order valence-corrected chi connectivity index (χ4v) is 1.58. The average Bonchev–Trinajstić information content (AvgIpc) is 2.47. The topological polar surface area (TPSA) is 12.4 Å². The zero-order chi connectivity index (χ0) is 9.42. The first-order valence-electron chi connectivity index (χ1n) is 4.52. The van der Waals surface area contributed by atoms with Gasteiger partial charge in [-0.2, -0.15) is 0 Å². The Labute approximate surface area is 78.8 Å². The van der Waals surface area contributed by atoms with E-state index in [0.717, 1.165) is 11.3 Å². The van der Waals surface area contributed by atoms with E-state index in [4.69, 9.17) is 0 Å². The molecule has 1 aliphatic heterocycles. The summed E-state index contributed by atoms with van der Waals surface area (Å²) in [5.74, 6) is 0.467. The van der Waals surface area contributed by atoms with Crippen molar-refractivity contribution < 1.29 is 0 Å². The first-order chi connectivity index (χ1) is 6.18. The second-order valence-electron chi connectivity index (χ2n) is 3.62. The molecule has 1 aliphatic rings. The van der Waals surface area contributed by atoms with Gasteiger partial charge in [0.2, 0.25) is 0 Å². The van der Waals surface area contributed by atoms with E-state index in [1.165, 1.54) is 11.1 Å². The van der Waals surface area contributed by atoms with Crippen molar-refractivity contribution in [3.05, 3.63) is 35.9 Å². The van der Waals surface area contributed by atoms with E-state index >= 15 is 0 Å². The highest BCUT2D eigenvalue weighted by molar-refractivity contribution is 5.81. The van der Waals surface area contributed by atoms with Crippen molar-refractivity contribution in [3.63, 3.8) is 0 Å². The minimum Gasteiger partial charge on any atom is -0.260 e. The summed E-state index contributed by atoms with van der Waals surface area (Å²) >= 11 is 0. The van der Waals surface area contributed by atoms with Crippen LogP contribution in [0.2, 0.25) is 0 Å². The van der Waals surface area contributed by atoms with E-state index in [0.29, 0.717) is 5.92 Å². The summed E-state index contributed by atoms with van der Waals surface area (Å²) in [4.78, 5) is 4.36. The summed E-state index contributed by atoms with van der Waals surface area (Å²) in [5.41, 5.74) is 4.71. The Morgan fingerprint density at radius 1 is 1.46 bits per heavy atom. The Balaban J connectivity index is 2.50. The SMILES string of the molecule is C=C(C)c1ccc2c(c1)N=CC2C. The third-order valence-electron chi connectivity index (χ3n) is 2.45. The van der Waals surface area contributed by atoms with Gasteiger partial charge >= 0.3 is 0 Å². The van der Waals surface area contributed by atoms with Gasteiger partial charge in [0.1, 0.15) is 0 Å². The molecule has 0 spiro atoms. The molecule has 1 atom stereocenters. The molecule has 0 saturated heterocycles.